The summed E-state index contributed by atoms with van der Waals surface area (Å²) in [7, 11) is 0. The quantitative estimate of drug-likeness (QED) is 0.388. The fourth-order valence-corrected chi connectivity index (χ4v) is 3.78. The first-order valence-electron chi connectivity index (χ1n) is 9.28. The van der Waals surface area contributed by atoms with E-state index in [-0.39, 0.29) is 0 Å². The number of rotatable bonds is 6. The molecular weight excluding hydrogens is 344 g/mol. The van der Waals surface area contributed by atoms with E-state index in [2.05, 4.69) is 52.5 Å². The van der Waals surface area contributed by atoms with Crippen molar-refractivity contribution in [3.63, 3.8) is 0 Å². The molecule has 1 N–H and O–H groups in total. The van der Waals surface area contributed by atoms with Crippen molar-refractivity contribution in [3.8, 4) is 0 Å². The molecule has 0 bridgehead atoms. The largest absolute Gasteiger partial charge is 0.383 e. The van der Waals surface area contributed by atoms with Crippen LogP contribution < -0.4 is 0 Å². The van der Waals surface area contributed by atoms with Gasteiger partial charge in [-0.25, -0.2) is 4.98 Å². The monoisotopic (exact) mass is 366 g/mol. The number of hydrogen-bond acceptors (Lipinski definition) is 2. The predicted octanol–water partition coefficient (Wildman–Crippen LogP) is 4.94. The van der Waals surface area contributed by atoms with E-state index in [0.717, 1.165) is 16.7 Å². The number of hydrogen-bond donors (Lipinski definition) is 1. The first kappa shape index (κ1) is 18.0. The Morgan fingerprint density at radius 3 is 1.61 bits per heavy atom. The summed E-state index contributed by atoms with van der Waals surface area (Å²) in [6.07, 6.45) is 4.37. The van der Waals surface area contributed by atoms with Crippen LogP contribution in [0, 0.1) is 0 Å². The maximum atomic E-state index is 10.2. The lowest BCUT2D eigenvalue weighted by molar-refractivity contribution is 0.224. The van der Waals surface area contributed by atoms with Gasteiger partial charge in [0.05, 0.1) is 12.0 Å². The summed E-state index contributed by atoms with van der Waals surface area (Å²) in [5, 5.41) is 10.2. The Morgan fingerprint density at radius 2 is 1.21 bits per heavy atom. The third-order valence-corrected chi connectivity index (χ3v) is 5.09. The number of imidazole rings is 1. The molecule has 3 aromatic carbocycles. The Morgan fingerprint density at radius 1 is 0.786 bits per heavy atom. The second-order valence-electron chi connectivity index (χ2n) is 6.69. The lowest BCUT2D eigenvalue weighted by Gasteiger charge is -2.37. The van der Waals surface area contributed by atoms with Gasteiger partial charge in [-0.15, -0.1) is 6.58 Å². The van der Waals surface area contributed by atoms with Crippen molar-refractivity contribution in [1.29, 1.82) is 0 Å². The Kier molecular flexibility index (Phi) is 4.92. The predicted molar refractivity (Wildman–Crippen MR) is 112 cm³/mol. The van der Waals surface area contributed by atoms with Crippen LogP contribution in [0.2, 0.25) is 0 Å². The molecule has 0 amide bonds. The molecule has 0 fully saturated rings. The zero-order chi connectivity index (χ0) is 19.4. The molecule has 3 nitrogen and oxygen atoms in total. The van der Waals surface area contributed by atoms with Gasteiger partial charge in [0.1, 0.15) is 11.6 Å². The number of aromatic nitrogens is 2. The molecule has 0 radical (unpaired) electrons. The number of benzene rings is 3. The van der Waals surface area contributed by atoms with E-state index in [0.29, 0.717) is 5.69 Å². The molecular formula is C25H22N2O. The van der Waals surface area contributed by atoms with Crippen LogP contribution in [0.25, 0.3) is 0 Å². The Balaban J connectivity index is 2.07. The summed E-state index contributed by atoms with van der Waals surface area (Å²) in [6.45, 7) is 3.68. The van der Waals surface area contributed by atoms with Gasteiger partial charge in [0.25, 0.3) is 0 Å². The third kappa shape index (κ3) is 2.96. The molecule has 3 heteroatoms. The first-order chi connectivity index (χ1) is 13.8. The third-order valence-electron chi connectivity index (χ3n) is 5.09. The average molecular weight is 366 g/mol. The topological polar surface area (TPSA) is 38.0 Å². The molecule has 0 saturated heterocycles. The fraction of sp³-hybridized carbons (Fsp3) is 0.0800. The second kappa shape index (κ2) is 7.67. The molecule has 1 heterocycles. The minimum atomic E-state index is -0.804. The van der Waals surface area contributed by atoms with Crippen LogP contribution in [0.5, 0.6) is 0 Å². The SMILES string of the molecule is C=CC(O)c1cn(C(c2ccccc2)(c2ccccc2)c2ccccc2)cn1. The molecule has 0 aliphatic carbocycles. The molecule has 138 valence electrons. The average Bonchev–Trinajstić information content (AvgIpc) is 3.26. The van der Waals surface area contributed by atoms with Crippen LogP contribution in [-0.4, -0.2) is 14.7 Å². The smallest absolute Gasteiger partial charge is 0.121 e. The lowest BCUT2D eigenvalue weighted by Crippen LogP contribution is -2.36. The second-order valence-corrected chi connectivity index (χ2v) is 6.69. The van der Waals surface area contributed by atoms with Crippen LogP contribution in [0.3, 0.4) is 0 Å². The molecule has 0 aliphatic rings. The van der Waals surface area contributed by atoms with Gasteiger partial charge in [-0.05, 0) is 16.7 Å². The summed E-state index contributed by atoms with van der Waals surface area (Å²) in [5.41, 5.74) is 3.30. The van der Waals surface area contributed by atoms with Crippen molar-refractivity contribution in [3.05, 3.63) is 139 Å². The summed E-state index contributed by atoms with van der Waals surface area (Å²) in [4.78, 5) is 4.47. The van der Waals surface area contributed by atoms with Crippen LogP contribution in [0.4, 0.5) is 0 Å². The van der Waals surface area contributed by atoms with Gasteiger partial charge in [0.2, 0.25) is 0 Å². The molecule has 4 aromatic rings. The van der Waals surface area contributed by atoms with E-state index in [9.17, 15) is 5.11 Å². The highest BCUT2D eigenvalue weighted by molar-refractivity contribution is 5.50. The Bertz CT molecular complexity index is 943. The first-order valence-corrected chi connectivity index (χ1v) is 9.28. The van der Waals surface area contributed by atoms with Gasteiger partial charge in [-0.2, -0.15) is 0 Å². The van der Waals surface area contributed by atoms with Gasteiger partial charge in [0.15, 0.2) is 0 Å². The van der Waals surface area contributed by atoms with Gasteiger partial charge in [-0.1, -0.05) is 97.1 Å². The highest BCUT2D eigenvalue weighted by Gasteiger charge is 2.38. The van der Waals surface area contributed by atoms with E-state index in [4.69, 9.17) is 0 Å². The van der Waals surface area contributed by atoms with Crippen molar-refractivity contribution >= 4 is 0 Å². The molecule has 1 unspecified atom stereocenters. The van der Waals surface area contributed by atoms with E-state index < -0.39 is 11.6 Å². The summed E-state index contributed by atoms with van der Waals surface area (Å²) >= 11 is 0. The summed E-state index contributed by atoms with van der Waals surface area (Å²) in [6, 6.07) is 31.1. The number of nitrogens with zero attached hydrogens (tertiary/aromatic N) is 2. The van der Waals surface area contributed by atoms with Gasteiger partial charge < -0.3 is 9.67 Å². The maximum absolute atomic E-state index is 10.2. The van der Waals surface area contributed by atoms with E-state index >= 15 is 0 Å². The number of aliphatic hydroxyl groups is 1. The van der Waals surface area contributed by atoms with Crippen LogP contribution in [-0.2, 0) is 5.54 Å². The minimum Gasteiger partial charge on any atom is -0.383 e. The fourth-order valence-electron chi connectivity index (χ4n) is 3.78. The molecule has 0 spiro atoms. The lowest BCUT2D eigenvalue weighted by atomic mass is 9.77. The molecule has 1 atom stereocenters. The van der Waals surface area contributed by atoms with Gasteiger partial charge in [-0.3, -0.25) is 0 Å². The summed E-state index contributed by atoms with van der Waals surface area (Å²) < 4.78 is 2.08. The Labute approximate surface area is 165 Å². The van der Waals surface area contributed by atoms with Crippen LogP contribution >= 0.6 is 0 Å². The highest BCUT2D eigenvalue weighted by atomic mass is 16.3. The maximum Gasteiger partial charge on any atom is 0.121 e. The molecule has 0 saturated carbocycles. The number of aliphatic hydroxyl groups excluding tert-OH is 1. The van der Waals surface area contributed by atoms with Crippen LogP contribution in [0.15, 0.2) is 116 Å². The van der Waals surface area contributed by atoms with Crippen molar-refractivity contribution in [2.24, 2.45) is 0 Å². The molecule has 28 heavy (non-hydrogen) atoms. The van der Waals surface area contributed by atoms with E-state index in [1.54, 1.807) is 6.33 Å². The van der Waals surface area contributed by atoms with E-state index in [1.807, 2.05) is 60.8 Å². The van der Waals surface area contributed by atoms with Gasteiger partial charge >= 0.3 is 0 Å². The van der Waals surface area contributed by atoms with Gasteiger partial charge in [0, 0.05) is 6.20 Å². The zero-order valence-corrected chi connectivity index (χ0v) is 15.5. The van der Waals surface area contributed by atoms with E-state index in [1.165, 1.54) is 6.08 Å². The molecule has 0 aliphatic heterocycles. The molecule has 1 aromatic heterocycles. The summed E-state index contributed by atoms with van der Waals surface area (Å²) in [5.74, 6) is 0. The van der Waals surface area contributed by atoms with Crippen LogP contribution in [0.1, 0.15) is 28.5 Å². The van der Waals surface area contributed by atoms with Crippen molar-refractivity contribution < 1.29 is 5.11 Å². The van der Waals surface area contributed by atoms with Crippen molar-refractivity contribution in [1.82, 2.24) is 9.55 Å². The minimum absolute atomic E-state index is 0.571. The molecule has 4 rings (SSSR count). The standard InChI is InChI=1S/C25H22N2O/c1-2-24(28)23-18-27(19-26-23)25(20-12-6-3-7-13-20,21-14-8-4-9-15-21)22-16-10-5-11-17-22/h2-19,24,28H,1H2. The zero-order valence-electron chi connectivity index (χ0n) is 15.5. The Hall–Kier alpha value is -3.43. The highest BCUT2D eigenvalue weighted by Crippen LogP contribution is 2.41. The normalized spacial score (nSPS) is 12.5. The van der Waals surface area contributed by atoms with Crippen molar-refractivity contribution in [2.75, 3.05) is 0 Å². The van der Waals surface area contributed by atoms with Crippen molar-refractivity contribution in [2.45, 2.75) is 11.6 Å².